The van der Waals surface area contributed by atoms with Crippen LogP contribution in [0.5, 0.6) is 0 Å². The zero-order valence-electron chi connectivity index (χ0n) is 14.0. The van der Waals surface area contributed by atoms with E-state index >= 15 is 0 Å². The lowest BCUT2D eigenvalue weighted by Crippen LogP contribution is -2.32. The highest BCUT2D eigenvalue weighted by Crippen LogP contribution is 2.17. The number of hydrogen-bond donors (Lipinski definition) is 1. The third kappa shape index (κ3) is 4.36. The Labute approximate surface area is 151 Å². The number of imide groups is 1. The molecule has 0 aliphatic carbocycles. The zero-order valence-corrected chi connectivity index (χ0v) is 14.0. The van der Waals surface area contributed by atoms with Crippen LogP contribution in [0.25, 0.3) is 0 Å². The normalized spacial score (nSPS) is 16.5. The monoisotopic (exact) mass is 350 g/mol. The molecule has 1 fully saturated rings. The van der Waals surface area contributed by atoms with Gasteiger partial charge in [0.15, 0.2) is 0 Å². The highest BCUT2D eigenvalue weighted by atomic mass is 16.6. The molecule has 0 spiro atoms. The van der Waals surface area contributed by atoms with E-state index in [9.17, 15) is 14.4 Å². The number of nitrogens with zero attached hydrogens (tertiary/aromatic N) is 1. The quantitative estimate of drug-likeness (QED) is 0.841. The van der Waals surface area contributed by atoms with Gasteiger partial charge in [0.1, 0.15) is 6.61 Å². The van der Waals surface area contributed by atoms with Crippen molar-refractivity contribution < 1.29 is 19.1 Å². The molecule has 1 saturated heterocycles. The van der Waals surface area contributed by atoms with Crippen molar-refractivity contribution in [2.24, 2.45) is 0 Å². The molecule has 0 unspecified atom stereocenters. The molecule has 2 aromatic rings. The van der Waals surface area contributed by atoms with Crippen molar-refractivity contribution in [3.63, 3.8) is 0 Å². The summed E-state index contributed by atoms with van der Waals surface area (Å²) in [5.74, 6) is -1.10. The number of carbonyl (C=O) groups excluding carboxylic acids is 3. The first-order chi connectivity index (χ1) is 12.6. The van der Waals surface area contributed by atoms with Gasteiger partial charge >= 0.3 is 6.09 Å². The first-order valence-corrected chi connectivity index (χ1v) is 8.21. The molecule has 0 aromatic heterocycles. The molecule has 1 N–H and O–H groups in total. The minimum Gasteiger partial charge on any atom is -0.447 e. The minimum atomic E-state index is -0.600. The third-order valence-corrected chi connectivity index (χ3v) is 3.98. The summed E-state index contributed by atoms with van der Waals surface area (Å²) in [5, 5.41) is 2.26. The number of ether oxygens (including phenoxy) is 1. The van der Waals surface area contributed by atoms with Crippen LogP contribution >= 0.6 is 0 Å². The Balaban J connectivity index is 1.61. The van der Waals surface area contributed by atoms with Gasteiger partial charge in [0.25, 0.3) is 11.8 Å². The molecule has 132 valence electrons. The second kappa shape index (κ2) is 8.11. The van der Waals surface area contributed by atoms with E-state index in [0.717, 1.165) is 11.6 Å². The number of carbonyl (C=O) groups is 3. The molecule has 3 amide bonds. The Bertz CT molecular complexity index is 818. The SMILES string of the molecule is O=C(/C=C\N1C(=O)OC[C@H]1Cc1ccccc1)NC(=O)c1ccccc1. The largest absolute Gasteiger partial charge is 0.447 e. The van der Waals surface area contributed by atoms with E-state index in [1.165, 1.54) is 11.1 Å². The van der Waals surface area contributed by atoms with Crippen LogP contribution in [0.1, 0.15) is 15.9 Å². The fourth-order valence-corrected chi connectivity index (χ4v) is 2.66. The van der Waals surface area contributed by atoms with Gasteiger partial charge in [-0.15, -0.1) is 0 Å². The molecule has 0 bridgehead atoms. The molecule has 6 heteroatoms. The van der Waals surface area contributed by atoms with Crippen molar-refractivity contribution in [2.75, 3.05) is 6.61 Å². The number of hydrogen-bond acceptors (Lipinski definition) is 4. The summed E-state index contributed by atoms with van der Waals surface area (Å²) in [6, 6.07) is 17.9. The van der Waals surface area contributed by atoms with Gasteiger partial charge in [-0.05, 0) is 24.1 Å². The van der Waals surface area contributed by atoms with Crippen molar-refractivity contribution in [3.05, 3.63) is 84.1 Å². The fourth-order valence-electron chi connectivity index (χ4n) is 2.66. The Morgan fingerprint density at radius 1 is 1.08 bits per heavy atom. The number of nitrogens with one attached hydrogen (secondary N) is 1. The molecule has 6 nitrogen and oxygen atoms in total. The summed E-state index contributed by atoms with van der Waals surface area (Å²) in [5.41, 5.74) is 1.45. The number of benzene rings is 2. The number of cyclic esters (lactones) is 1. The van der Waals surface area contributed by atoms with Gasteiger partial charge < -0.3 is 4.74 Å². The lowest BCUT2D eigenvalue weighted by molar-refractivity contribution is -0.115. The van der Waals surface area contributed by atoms with Crippen molar-refractivity contribution >= 4 is 17.9 Å². The van der Waals surface area contributed by atoms with E-state index in [4.69, 9.17) is 4.74 Å². The lowest BCUT2D eigenvalue weighted by atomic mass is 10.1. The summed E-state index contributed by atoms with van der Waals surface area (Å²) < 4.78 is 5.07. The van der Waals surface area contributed by atoms with E-state index in [0.29, 0.717) is 12.0 Å². The standard InChI is InChI=1S/C20H18N2O4/c23-18(21-19(24)16-9-5-2-6-10-16)11-12-22-17(14-26-20(22)25)13-15-7-3-1-4-8-15/h1-12,17H,13-14H2,(H,21,23,24)/b12-11-/t17-/m1/s1. The van der Waals surface area contributed by atoms with Crippen LogP contribution < -0.4 is 5.32 Å². The van der Waals surface area contributed by atoms with E-state index in [1.807, 2.05) is 30.3 Å². The summed E-state index contributed by atoms with van der Waals surface area (Å²) >= 11 is 0. The summed E-state index contributed by atoms with van der Waals surface area (Å²) in [4.78, 5) is 37.2. The van der Waals surface area contributed by atoms with Crippen molar-refractivity contribution in [3.8, 4) is 0 Å². The maximum atomic E-state index is 12.0. The van der Waals surface area contributed by atoms with Crippen molar-refractivity contribution in [1.29, 1.82) is 0 Å². The summed E-state index contributed by atoms with van der Waals surface area (Å²) in [6.07, 6.45) is 2.62. The minimum absolute atomic E-state index is 0.196. The van der Waals surface area contributed by atoms with E-state index in [-0.39, 0.29) is 12.6 Å². The van der Waals surface area contributed by atoms with Crippen LogP contribution in [0, 0.1) is 0 Å². The molecular formula is C20H18N2O4. The summed E-state index contributed by atoms with van der Waals surface area (Å²) in [6.45, 7) is 0.253. The van der Waals surface area contributed by atoms with Gasteiger partial charge in [0.2, 0.25) is 0 Å². The van der Waals surface area contributed by atoms with E-state index < -0.39 is 17.9 Å². The van der Waals surface area contributed by atoms with Crippen LogP contribution in [0.3, 0.4) is 0 Å². The Kier molecular flexibility index (Phi) is 5.43. The Morgan fingerprint density at radius 2 is 1.73 bits per heavy atom. The van der Waals surface area contributed by atoms with Gasteiger partial charge in [0.05, 0.1) is 6.04 Å². The molecule has 1 atom stereocenters. The van der Waals surface area contributed by atoms with Gasteiger partial charge in [-0.2, -0.15) is 0 Å². The van der Waals surface area contributed by atoms with Crippen molar-refractivity contribution in [1.82, 2.24) is 10.2 Å². The molecule has 1 heterocycles. The highest BCUT2D eigenvalue weighted by Gasteiger charge is 2.31. The predicted octanol–water partition coefficient (Wildman–Crippen LogP) is 2.52. The Hall–Kier alpha value is -3.41. The second-order valence-corrected chi connectivity index (χ2v) is 5.83. The van der Waals surface area contributed by atoms with Crippen LogP contribution in [0.4, 0.5) is 4.79 Å². The molecule has 26 heavy (non-hydrogen) atoms. The molecule has 1 aliphatic rings. The molecule has 2 aromatic carbocycles. The van der Waals surface area contributed by atoms with E-state index in [2.05, 4.69) is 5.32 Å². The first kappa shape index (κ1) is 17.4. The Morgan fingerprint density at radius 3 is 2.42 bits per heavy atom. The smallest absolute Gasteiger partial charge is 0.414 e. The molecule has 0 radical (unpaired) electrons. The average molecular weight is 350 g/mol. The third-order valence-electron chi connectivity index (χ3n) is 3.98. The predicted molar refractivity (Wildman–Crippen MR) is 95.2 cm³/mol. The maximum absolute atomic E-state index is 12.0. The van der Waals surface area contributed by atoms with Gasteiger partial charge in [0, 0.05) is 17.8 Å². The van der Waals surface area contributed by atoms with Crippen LogP contribution in [-0.4, -0.2) is 35.5 Å². The molecule has 0 saturated carbocycles. The van der Waals surface area contributed by atoms with Gasteiger partial charge in [-0.3, -0.25) is 19.8 Å². The second-order valence-electron chi connectivity index (χ2n) is 5.83. The van der Waals surface area contributed by atoms with Crippen molar-refractivity contribution in [2.45, 2.75) is 12.5 Å². The topological polar surface area (TPSA) is 75.7 Å². The molecular weight excluding hydrogens is 332 g/mol. The fraction of sp³-hybridized carbons (Fsp3) is 0.150. The van der Waals surface area contributed by atoms with Gasteiger partial charge in [-0.1, -0.05) is 48.5 Å². The van der Waals surface area contributed by atoms with Gasteiger partial charge in [-0.25, -0.2) is 4.79 Å². The van der Waals surface area contributed by atoms with E-state index in [1.54, 1.807) is 30.3 Å². The molecule has 1 aliphatic heterocycles. The average Bonchev–Trinajstić information content (AvgIpc) is 3.01. The van der Waals surface area contributed by atoms with Crippen LogP contribution in [0.2, 0.25) is 0 Å². The van der Waals surface area contributed by atoms with Crippen LogP contribution in [0.15, 0.2) is 72.9 Å². The number of amides is 3. The maximum Gasteiger partial charge on any atom is 0.414 e. The summed E-state index contributed by atoms with van der Waals surface area (Å²) in [7, 11) is 0. The van der Waals surface area contributed by atoms with Crippen LogP contribution in [-0.2, 0) is 16.0 Å². The lowest BCUT2D eigenvalue weighted by Gasteiger charge is -2.17. The highest BCUT2D eigenvalue weighted by molar-refractivity contribution is 6.07. The first-order valence-electron chi connectivity index (χ1n) is 8.21. The zero-order chi connectivity index (χ0) is 18.4. The molecule has 3 rings (SSSR count). The number of rotatable bonds is 5.